The molecule has 0 bridgehead atoms. The van der Waals surface area contributed by atoms with Crippen molar-refractivity contribution in [3.8, 4) is 11.8 Å². The third-order valence-electron chi connectivity index (χ3n) is 2.08. The SMILES string of the molecule is COc1ccc2ccnc(C#N)c2c1. The van der Waals surface area contributed by atoms with Crippen molar-refractivity contribution < 1.29 is 4.74 Å². The highest BCUT2D eigenvalue weighted by Gasteiger charge is 2.02. The number of ether oxygens (including phenoxy) is 1. The first-order chi connectivity index (χ1) is 6.85. The van der Waals surface area contributed by atoms with E-state index in [1.807, 2.05) is 24.3 Å². The molecule has 0 spiro atoms. The molecule has 0 saturated carbocycles. The standard InChI is InChI=1S/C11H8N2O/c1-14-9-3-2-8-4-5-13-11(7-12)10(8)6-9/h2-6H,1H3. The number of nitriles is 1. The van der Waals surface area contributed by atoms with Gasteiger partial charge in [-0.2, -0.15) is 5.26 Å². The van der Waals surface area contributed by atoms with Gasteiger partial charge in [0.1, 0.15) is 17.5 Å². The predicted molar refractivity (Wildman–Crippen MR) is 53.0 cm³/mol. The van der Waals surface area contributed by atoms with Gasteiger partial charge in [-0.25, -0.2) is 4.98 Å². The first-order valence-electron chi connectivity index (χ1n) is 4.18. The smallest absolute Gasteiger partial charge is 0.148 e. The summed E-state index contributed by atoms with van der Waals surface area (Å²) >= 11 is 0. The van der Waals surface area contributed by atoms with Crippen LogP contribution >= 0.6 is 0 Å². The van der Waals surface area contributed by atoms with E-state index in [0.717, 1.165) is 16.5 Å². The molecule has 0 N–H and O–H groups in total. The maximum absolute atomic E-state index is 8.85. The fraction of sp³-hybridized carbons (Fsp3) is 0.0909. The number of benzene rings is 1. The molecule has 0 amide bonds. The monoisotopic (exact) mass is 184 g/mol. The van der Waals surface area contributed by atoms with Gasteiger partial charge in [0.2, 0.25) is 0 Å². The Morgan fingerprint density at radius 1 is 1.36 bits per heavy atom. The van der Waals surface area contributed by atoms with E-state index < -0.39 is 0 Å². The van der Waals surface area contributed by atoms with Crippen LogP contribution in [0.5, 0.6) is 5.75 Å². The van der Waals surface area contributed by atoms with Gasteiger partial charge in [0.25, 0.3) is 0 Å². The van der Waals surface area contributed by atoms with Gasteiger partial charge in [0, 0.05) is 11.6 Å². The van der Waals surface area contributed by atoms with Crippen molar-refractivity contribution in [3.63, 3.8) is 0 Å². The second kappa shape index (κ2) is 3.35. The van der Waals surface area contributed by atoms with Gasteiger partial charge in [0.05, 0.1) is 7.11 Å². The molecule has 0 fully saturated rings. The van der Waals surface area contributed by atoms with Crippen molar-refractivity contribution in [1.29, 1.82) is 5.26 Å². The summed E-state index contributed by atoms with van der Waals surface area (Å²) in [5.74, 6) is 0.738. The van der Waals surface area contributed by atoms with Crippen LogP contribution in [0.1, 0.15) is 5.69 Å². The number of rotatable bonds is 1. The Morgan fingerprint density at radius 2 is 2.21 bits per heavy atom. The number of fused-ring (bicyclic) bond motifs is 1. The quantitative estimate of drug-likeness (QED) is 0.681. The predicted octanol–water partition coefficient (Wildman–Crippen LogP) is 2.12. The lowest BCUT2D eigenvalue weighted by Crippen LogP contribution is -1.87. The van der Waals surface area contributed by atoms with Crippen LogP contribution in [0.3, 0.4) is 0 Å². The summed E-state index contributed by atoms with van der Waals surface area (Å²) in [5, 5.41) is 10.7. The van der Waals surface area contributed by atoms with Crippen molar-refractivity contribution in [1.82, 2.24) is 4.98 Å². The first kappa shape index (κ1) is 8.52. The van der Waals surface area contributed by atoms with E-state index >= 15 is 0 Å². The van der Waals surface area contributed by atoms with Gasteiger partial charge < -0.3 is 4.74 Å². The summed E-state index contributed by atoms with van der Waals surface area (Å²) in [6, 6.07) is 9.52. The molecule has 1 heterocycles. The van der Waals surface area contributed by atoms with Crippen LogP contribution in [0, 0.1) is 11.3 Å². The second-order valence-corrected chi connectivity index (χ2v) is 2.86. The number of aromatic nitrogens is 1. The molecule has 0 radical (unpaired) electrons. The molecular formula is C11H8N2O. The third-order valence-corrected chi connectivity index (χ3v) is 2.08. The fourth-order valence-corrected chi connectivity index (χ4v) is 1.36. The second-order valence-electron chi connectivity index (χ2n) is 2.86. The maximum atomic E-state index is 8.85. The first-order valence-corrected chi connectivity index (χ1v) is 4.18. The van der Waals surface area contributed by atoms with Gasteiger partial charge in [-0.15, -0.1) is 0 Å². The van der Waals surface area contributed by atoms with Crippen LogP contribution in [0.15, 0.2) is 30.5 Å². The Balaban J connectivity index is 2.78. The highest BCUT2D eigenvalue weighted by atomic mass is 16.5. The van der Waals surface area contributed by atoms with Gasteiger partial charge >= 0.3 is 0 Å². The minimum atomic E-state index is 0.432. The molecule has 2 rings (SSSR count). The molecule has 0 aliphatic heterocycles. The summed E-state index contributed by atoms with van der Waals surface area (Å²) < 4.78 is 5.08. The molecule has 3 heteroatoms. The van der Waals surface area contributed by atoms with Crippen molar-refractivity contribution >= 4 is 10.8 Å². The average Bonchev–Trinajstić information content (AvgIpc) is 2.27. The van der Waals surface area contributed by atoms with Crippen LogP contribution in [-0.4, -0.2) is 12.1 Å². The van der Waals surface area contributed by atoms with E-state index in [4.69, 9.17) is 10.00 Å². The highest BCUT2D eigenvalue weighted by molar-refractivity contribution is 5.87. The molecule has 1 aromatic heterocycles. The summed E-state index contributed by atoms with van der Waals surface area (Å²) in [7, 11) is 1.60. The Kier molecular flexibility index (Phi) is 2.04. The van der Waals surface area contributed by atoms with Crippen LogP contribution in [-0.2, 0) is 0 Å². The zero-order valence-electron chi connectivity index (χ0n) is 7.69. The Bertz CT molecular complexity index is 514. The number of hydrogen-bond acceptors (Lipinski definition) is 3. The molecule has 3 nitrogen and oxygen atoms in total. The Labute approximate surface area is 81.6 Å². The lowest BCUT2D eigenvalue weighted by atomic mass is 10.1. The third kappa shape index (κ3) is 1.27. The number of pyridine rings is 1. The summed E-state index contributed by atoms with van der Waals surface area (Å²) in [6.45, 7) is 0. The molecule has 0 saturated heterocycles. The highest BCUT2D eigenvalue weighted by Crippen LogP contribution is 2.21. The van der Waals surface area contributed by atoms with E-state index in [0.29, 0.717) is 5.69 Å². The topological polar surface area (TPSA) is 45.9 Å². The van der Waals surface area contributed by atoms with Crippen molar-refractivity contribution in [3.05, 3.63) is 36.2 Å². The molecule has 68 valence electrons. The van der Waals surface area contributed by atoms with E-state index in [1.165, 1.54) is 0 Å². The van der Waals surface area contributed by atoms with Gasteiger partial charge in [0.15, 0.2) is 0 Å². The largest absolute Gasteiger partial charge is 0.497 e. The minimum absolute atomic E-state index is 0.432. The molecule has 1 aromatic carbocycles. The van der Waals surface area contributed by atoms with Crippen molar-refractivity contribution in [2.24, 2.45) is 0 Å². The minimum Gasteiger partial charge on any atom is -0.497 e. The van der Waals surface area contributed by atoms with E-state index in [-0.39, 0.29) is 0 Å². The maximum Gasteiger partial charge on any atom is 0.148 e. The molecule has 2 aromatic rings. The summed E-state index contributed by atoms with van der Waals surface area (Å²) in [6.07, 6.45) is 1.63. The molecule has 14 heavy (non-hydrogen) atoms. The molecule has 0 atom stereocenters. The van der Waals surface area contributed by atoms with Crippen LogP contribution in [0.4, 0.5) is 0 Å². The van der Waals surface area contributed by atoms with Crippen molar-refractivity contribution in [2.45, 2.75) is 0 Å². The molecular weight excluding hydrogens is 176 g/mol. The van der Waals surface area contributed by atoms with Gasteiger partial charge in [-0.3, -0.25) is 0 Å². The number of hydrogen-bond donors (Lipinski definition) is 0. The van der Waals surface area contributed by atoms with Crippen LogP contribution < -0.4 is 4.74 Å². The van der Waals surface area contributed by atoms with Crippen LogP contribution in [0.2, 0.25) is 0 Å². The zero-order valence-corrected chi connectivity index (χ0v) is 7.69. The lowest BCUT2D eigenvalue weighted by molar-refractivity contribution is 0.415. The average molecular weight is 184 g/mol. The normalized spacial score (nSPS) is 9.71. The van der Waals surface area contributed by atoms with E-state index in [9.17, 15) is 0 Å². The molecule has 0 aliphatic rings. The number of nitrogens with zero attached hydrogens (tertiary/aromatic N) is 2. The van der Waals surface area contributed by atoms with E-state index in [1.54, 1.807) is 13.3 Å². The summed E-state index contributed by atoms with van der Waals surface area (Å²) in [4.78, 5) is 3.98. The Hall–Kier alpha value is -2.08. The van der Waals surface area contributed by atoms with Gasteiger partial charge in [-0.05, 0) is 23.6 Å². The number of methoxy groups -OCH3 is 1. The van der Waals surface area contributed by atoms with Crippen molar-refractivity contribution in [2.75, 3.05) is 7.11 Å². The van der Waals surface area contributed by atoms with Crippen LogP contribution in [0.25, 0.3) is 10.8 Å². The zero-order chi connectivity index (χ0) is 9.97. The lowest BCUT2D eigenvalue weighted by Gasteiger charge is -2.02. The molecule has 0 aliphatic carbocycles. The Morgan fingerprint density at radius 3 is 2.93 bits per heavy atom. The fourth-order valence-electron chi connectivity index (χ4n) is 1.36. The van der Waals surface area contributed by atoms with Gasteiger partial charge in [-0.1, -0.05) is 6.07 Å². The summed E-state index contributed by atoms with van der Waals surface area (Å²) in [5.41, 5.74) is 0.432. The molecule has 0 unspecified atom stereocenters. The van der Waals surface area contributed by atoms with E-state index in [2.05, 4.69) is 11.1 Å².